The van der Waals surface area contributed by atoms with Gasteiger partial charge in [-0.25, -0.2) is 0 Å². The van der Waals surface area contributed by atoms with E-state index in [0.29, 0.717) is 10.8 Å². The van der Waals surface area contributed by atoms with Gasteiger partial charge in [-0.15, -0.1) is 0 Å². The third-order valence-corrected chi connectivity index (χ3v) is 2.42. The van der Waals surface area contributed by atoms with Crippen molar-refractivity contribution in [3.8, 4) is 5.75 Å². The largest absolute Gasteiger partial charge is 0.484 e. The minimum absolute atomic E-state index is 0.0185. The van der Waals surface area contributed by atoms with Crippen LogP contribution in [0, 0.1) is 0 Å². The highest BCUT2D eigenvalue weighted by Crippen LogP contribution is 2.16. The summed E-state index contributed by atoms with van der Waals surface area (Å²) in [6, 6.07) is 7.16. The fourth-order valence-corrected chi connectivity index (χ4v) is 1.30. The normalized spacial score (nSPS) is 11.9. The van der Waals surface area contributed by atoms with Gasteiger partial charge in [0.1, 0.15) is 5.75 Å². The van der Waals surface area contributed by atoms with Crippen LogP contribution in [0.25, 0.3) is 0 Å². The molecule has 0 saturated heterocycles. The average molecular weight is 242 g/mol. The Morgan fingerprint density at radius 3 is 2.94 bits per heavy atom. The van der Waals surface area contributed by atoms with Crippen LogP contribution < -0.4 is 10.1 Å². The summed E-state index contributed by atoms with van der Waals surface area (Å²) < 4.78 is 5.30. The number of nitrogens with one attached hydrogen (secondary N) is 1. The molecule has 16 heavy (non-hydrogen) atoms. The summed E-state index contributed by atoms with van der Waals surface area (Å²) in [4.78, 5) is 11.4. The summed E-state index contributed by atoms with van der Waals surface area (Å²) in [5.74, 6) is 0.487. The number of carbonyl (C=O) groups is 1. The van der Waals surface area contributed by atoms with E-state index in [0.717, 1.165) is 6.42 Å². The minimum Gasteiger partial charge on any atom is -0.484 e. The average Bonchev–Trinajstić information content (AvgIpc) is 2.26. The lowest BCUT2D eigenvalue weighted by Gasteiger charge is -2.12. The molecule has 1 aromatic rings. The molecule has 88 valence electrons. The van der Waals surface area contributed by atoms with Crippen molar-refractivity contribution in [2.24, 2.45) is 0 Å². The number of amides is 1. The van der Waals surface area contributed by atoms with Crippen molar-refractivity contribution < 1.29 is 9.53 Å². The van der Waals surface area contributed by atoms with E-state index in [1.54, 1.807) is 24.3 Å². The third kappa shape index (κ3) is 4.53. The van der Waals surface area contributed by atoms with Gasteiger partial charge in [0.05, 0.1) is 0 Å². The zero-order valence-corrected chi connectivity index (χ0v) is 10.3. The Labute approximate surface area is 101 Å². The molecule has 0 fully saturated rings. The fourth-order valence-electron chi connectivity index (χ4n) is 1.12. The molecule has 1 unspecified atom stereocenters. The van der Waals surface area contributed by atoms with Crippen LogP contribution in [-0.2, 0) is 4.79 Å². The van der Waals surface area contributed by atoms with Crippen LogP contribution in [0.15, 0.2) is 24.3 Å². The van der Waals surface area contributed by atoms with Gasteiger partial charge < -0.3 is 10.1 Å². The SMILES string of the molecule is CCC(C)NC(=O)COc1cccc(Cl)c1. The van der Waals surface area contributed by atoms with E-state index < -0.39 is 0 Å². The molecule has 0 aromatic heterocycles. The molecule has 0 bridgehead atoms. The van der Waals surface area contributed by atoms with Crippen LogP contribution in [0.3, 0.4) is 0 Å². The van der Waals surface area contributed by atoms with Crippen LogP contribution in [0.5, 0.6) is 5.75 Å². The molecular formula is C12H16ClNO2. The highest BCUT2D eigenvalue weighted by atomic mass is 35.5. The Morgan fingerprint density at radius 1 is 1.56 bits per heavy atom. The Bertz CT molecular complexity index is 355. The molecule has 1 amide bonds. The number of carbonyl (C=O) groups excluding carboxylic acids is 1. The van der Waals surface area contributed by atoms with E-state index in [1.807, 2.05) is 13.8 Å². The quantitative estimate of drug-likeness (QED) is 0.861. The lowest BCUT2D eigenvalue weighted by atomic mass is 10.2. The number of benzene rings is 1. The molecule has 0 saturated carbocycles. The van der Waals surface area contributed by atoms with E-state index in [1.165, 1.54) is 0 Å². The molecule has 0 aliphatic carbocycles. The maximum atomic E-state index is 11.4. The van der Waals surface area contributed by atoms with Crippen LogP contribution in [0.1, 0.15) is 20.3 Å². The molecule has 0 aliphatic rings. The van der Waals surface area contributed by atoms with E-state index in [9.17, 15) is 4.79 Å². The van der Waals surface area contributed by atoms with E-state index in [2.05, 4.69) is 5.32 Å². The van der Waals surface area contributed by atoms with E-state index >= 15 is 0 Å². The monoisotopic (exact) mass is 241 g/mol. The molecule has 4 heteroatoms. The van der Waals surface area contributed by atoms with Gasteiger partial charge in [-0.3, -0.25) is 4.79 Å². The number of rotatable bonds is 5. The number of hydrogen-bond acceptors (Lipinski definition) is 2. The lowest BCUT2D eigenvalue weighted by molar-refractivity contribution is -0.123. The third-order valence-electron chi connectivity index (χ3n) is 2.19. The summed E-state index contributed by atoms with van der Waals surface area (Å²) in [5.41, 5.74) is 0. The van der Waals surface area contributed by atoms with Crippen LogP contribution in [0.2, 0.25) is 5.02 Å². The summed E-state index contributed by atoms with van der Waals surface area (Å²) in [7, 11) is 0. The predicted molar refractivity (Wildman–Crippen MR) is 64.8 cm³/mol. The van der Waals surface area contributed by atoms with Crippen LogP contribution in [-0.4, -0.2) is 18.6 Å². The molecule has 1 rings (SSSR count). The van der Waals surface area contributed by atoms with Gasteiger partial charge in [-0.05, 0) is 31.5 Å². The van der Waals surface area contributed by atoms with Crippen molar-refractivity contribution in [1.82, 2.24) is 5.32 Å². The first-order chi connectivity index (χ1) is 7.61. The summed E-state index contributed by atoms with van der Waals surface area (Å²) in [6.07, 6.45) is 0.906. The Kier molecular flexibility index (Phi) is 5.12. The summed E-state index contributed by atoms with van der Waals surface area (Å²) in [6.45, 7) is 3.99. The fraction of sp³-hybridized carbons (Fsp3) is 0.417. The van der Waals surface area contributed by atoms with Crippen molar-refractivity contribution in [1.29, 1.82) is 0 Å². The van der Waals surface area contributed by atoms with Gasteiger partial charge in [0, 0.05) is 11.1 Å². The van der Waals surface area contributed by atoms with Crippen LogP contribution in [0.4, 0.5) is 0 Å². The van der Waals surface area contributed by atoms with Gasteiger partial charge in [-0.2, -0.15) is 0 Å². The topological polar surface area (TPSA) is 38.3 Å². The highest BCUT2D eigenvalue weighted by Gasteiger charge is 2.06. The molecule has 0 aliphatic heterocycles. The molecule has 1 N–H and O–H groups in total. The van der Waals surface area contributed by atoms with Gasteiger partial charge in [-0.1, -0.05) is 24.6 Å². The van der Waals surface area contributed by atoms with Crippen molar-refractivity contribution >= 4 is 17.5 Å². The summed E-state index contributed by atoms with van der Waals surface area (Å²) >= 11 is 5.79. The standard InChI is InChI=1S/C12H16ClNO2/c1-3-9(2)14-12(15)8-16-11-6-4-5-10(13)7-11/h4-7,9H,3,8H2,1-2H3,(H,14,15). The lowest BCUT2D eigenvalue weighted by Crippen LogP contribution is -2.35. The van der Waals surface area contributed by atoms with Crippen molar-refractivity contribution in [2.45, 2.75) is 26.3 Å². The molecule has 3 nitrogen and oxygen atoms in total. The molecule has 0 radical (unpaired) electrons. The molecule has 1 aromatic carbocycles. The first kappa shape index (κ1) is 12.8. The van der Waals surface area contributed by atoms with Crippen LogP contribution >= 0.6 is 11.6 Å². The van der Waals surface area contributed by atoms with Gasteiger partial charge in [0.2, 0.25) is 0 Å². The number of hydrogen-bond donors (Lipinski definition) is 1. The maximum Gasteiger partial charge on any atom is 0.258 e. The van der Waals surface area contributed by atoms with E-state index in [-0.39, 0.29) is 18.6 Å². The Hall–Kier alpha value is -1.22. The Balaban J connectivity index is 2.37. The molecule has 1 atom stereocenters. The second-order valence-electron chi connectivity index (χ2n) is 3.62. The van der Waals surface area contributed by atoms with Crippen molar-refractivity contribution in [3.63, 3.8) is 0 Å². The second-order valence-corrected chi connectivity index (χ2v) is 4.06. The smallest absolute Gasteiger partial charge is 0.258 e. The molecule has 0 spiro atoms. The highest BCUT2D eigenvalue weighted by molar-refractivity contribution is 6.30. The predicted octanol–water partition coefficient (Wildman–Crippen LogP) is 2.63. The first-order valence-electron chi connectivity index (χ1n) is 5.29. The van der Waals surface area contributed by atoms with Gasteiger partial charge in [0.25, 0.3) is 5.91 Å². The first-order valence-corrected chi connectivity index (χ1v) is 5.67. The molecular weight excluding hydrogens is 226 g/mol. The number of halogens is 1. The van der Waals surface area contributed by atoms with E-state index in [4.69, 9.17) is 16.3 Å². The minimum atomic E-state index is -0.116. The number of ether oxygens (including phenoxy) is 1. The maximum absolute atomic E-state index is 11.4. The van der Waals surface area contributed by atoms with Crippen molar-refractivity contribution in [3.05, 3.63) is 29.3 Å². The Morgan fingerprint density at radius 2 is 2.31 bits per heavy atom. The van der Waals surface area contributed by atoms with Crippen molar-refractivity contribution in [2.75, 3.05) is 6.61 Å². The second kappa shape index (κ2) is 6.38. The molecule has 0 heterocycles. The summed E-state index contributed by atoms with van der Waals surface area (Å²) in [5, 5.41) is 3.41. The zero-order valence-electron chi connectivity index (χ0n) is 9.50. The zero-order chi connectivity index (χ0) is 12.0. The van der Waals surface area contributed by atoms with Gasteiger partial charge >= 0.3 is 0 Å². The van der Waals surface area contributed by atoms with Gasteiger partial charge in [0.15, 0.2) is 6.61 Å².